The predicted molar refractivity (Wildman–Crippen MR) is 86.4 cm³/mol. The standard InChI is InChI=1S/C15H20N2O6S/c1-10-6-13(17(19)20)7-11(2)15(10)24(21,22)16-4-5-23-9-14(16)8-12(3)18/h6-7,14H,4-5,8-9H2,1-3H3/t14-/m0/s1. The summed E-state index contributed by atoms with van der Waals surface area (Å²) in [5, 5.41) is 10.9. The summed E-state index contributed by atoms with van der Waals surface area (Å²) < 4.78 is 32.8. The summed E-state index contributed by atoms with van der Waals surface area (Å²) in [6, 6.07) is 1.94. The number of benzene rings is 1. The van der Waals surface area contributed by atoms with Gasteiger partial charge in [-0.15, -0.1) is 0 Å². The molecule has 1 heterocycles. The van der Waals surface area contributed by atoms with Gasteiger partial charge in [-0.2, -0.15) is 4.31 Å². The van der Waals surface area contributed by atoms with E-state index in [9.17, 15) is 23.3 Å². The molecule has 0 amide bonds. The third-order valence-corrected chi connectivity index (χ3v) is 6.18. The second-order valence-electron chi connectivity index (χ2n) is 5.92. The summed E-state index contributed by atoms with van der Waals surface area (Å²) in [5.41, 5.74) is 0.482. The van der Waals surface area contributed by atoms with Crippen LogP contribution in [0.15, 0.2) is 17.0 Å². The van der Waals surface area contributed by atoms with Crippen LogP contribution in [-0.4, -0.2) is 49.2 Å². The number of carbonyl (C=O) groups excluding carboxylic acids is 1. The summed E-state index contributed by atoms with van der Waals surface area (Å²) in [4.78, 5) is 21.9. The van der Waals surface area contributed by atoms with Crippen LogP contribution in [-0.2, 0) is 19.6 Å². The Morgan fingerprint density at radius 1 is 1.38 bits per heavy atom. The van der Waals surface area contributed by atoms with E-state index in [-0.39, 0.29) is 42.5 Å². The fraction of sp³-hybridized carbons (Fsp3) is 0.533. The Morgan fingerprint density at radius 3 is 2.46 bits per heavy atom. The van der Waals surface area contributed by atoms with E-state index in [1.54, 1.807) is 0 Å². The van der Waals surface area contributed by atoms with Gasteiger partial charge in [-0.25, -0.2) is 8.42 Å². The van der Waals surface area contributed by atoms with Crippen molar-refractivity contribution in [3.05, 3.63) is 33.4 Å². The van der Waals surface area contributed by atoms with Crippen molar-refractivity contribution in [2.45, 2.75) is 38.1 Å². The fourth-order valence-electron chi connectivity index (χ4n) is 3.01. The second-order valence-corrected chi connectivity index (χ2v) is 7.74. The van der Waals surface area contributed by atoms with E-state index >= 15 is 0 Å². The SMILES string of the molecule is CC(=O)C[C@H]1COCCN1S(=O)(=O)c1c(C)cc([N+](=O)[O-])cc1C. The number of non-ortho nitro benzene ring substituents is 1. The molecule has 8 nitrogen and oxygen atoms in total. The maximum absolute atomic E-state index is 13.1. The molecule has 0 aromatic heterocycles. The van der Waals surface area contributed by atoms with E-state index in [0.29, 0.717) is 11.1 Å². The van der Waals surface area contributed by atoms with Gasteiger partial charge in [-0.1, -0.05) is 0 Å². The number of Topliss-reactive ketones (excluding diaryl/α,β-unsaturated/α-hetero) is 1. The maximum Gasteiger partial charge on any atom is 0.270 e. The van der Waals surface area contributed by atoms with Crippen LogP contribution in [0.25, 0.3) is 0 Å². The highest BCUT2D eigenvalue weighted by Crippen LogP contribution is 2.30. The quantitative estimate of drug-likeness (QED) is 0.585. The van der Waals surface area contributed by atoms with Gasteiger partial charge in [-0.05, 0) is 31.9 Å². The Bertz CT molecular complexity index is 751. The van der Waals surface area contributed by atoms with Gasteiger partial charge in [0.2, 0.25) is 10.0 Å². The molecule has 1 saturated heterocycles. The molecule has 0 unspecified atom stereocenters. The van der Waals surface area contributed by atoms with E-state index in [0.717, 1.165) is 0 Å². The van der Waals surface area contributed by atoms with Crippen LogP contribution < -0.4 is 0 Å². The number of hydrogen-bond acceptors (Lipinski definition) is 6. The van der Waals surface area contributed by atoms with Crippen molar-refractivity contribution in [1.82, 2.24) is 4.31 Å². The smallest absolute Gasteiger partial charge is 0.270 e. The lowest BCUT2D eigenvalue weighted by atomic mass is 10.1. The maximum atomic E-state index is 13.1. The van der Waals surface area contributed by atoms with Crippen molar-refractivity contribution in [2.24, 2.45) is 0 Å². The monoisotopic (exact) mass is 356 g/mol. The highest BCUT2D eigenvalue weighted by Gasteiger charge is 2.36. The van der Waals surface area contributed by atoms with Crippen molar-refractivity contribution in [3.8, 4) is 0 Å². The van der Waals surface area contributed by atoms with Crippen LogP contribution in [0, 0.1) is 24.0 Å². The lowest BCUT2D eigenvalue weighted by Gasteiger charge is -2.34. The number of carbonyl (C=O) groups is 1. The molecular formula is C15H20N2O6S. The zero-order valence-electron chi connectivity index (χ0n) is 13.8. The van der Waals surface area contributed by atoms with E-state index in [1.165, 1.54) is 37.2 Å². The molecule has 1 aliphatic heterocycles. The minimum Gasteiger partial charge on any atom is -0.378 e. The summed E-state index contributed by atoms with van der Waals surface area (Å²) in [5.74, 6) is -0.122. The Balaban J connectivity index is 2.49. The normalized spacial score (nSPS) is 19.2. The van der Waals surface area contributed by atoms with Crippen molar-refractivity contribution >= 4 is 21.5 Å². The average molecular weight is 356 g/mol. The summed E-state index contributed by atoms with van der Waals surface area (Å²) in [6.07, 6.45) is 0.0737. The zero-order chi connectivity index (χ0) is 18.1. The first kappa shape index (κ1) is 18.5. The molecule has 132 valence electrons. The molecule has 1 aromatic carbocycles. The Hall–Kier alpha value is -1.84. The molecule has 0 saturated carbocycles. The van der Waals surface area contributed by atoms with E-state index in [2.05, 4.69) is 0 Å². The molecule has 0 bridgehead atoms. The van der Waals surface area contributed by atoms with Crippen molar-refractivity contribution in [3.63, 3.8) is 0 Å². The van der Waals surface area contributed by atoms with Gasteiger partial charge in [0.25, 0.3) is 5.69 Å². The minimum absolute atomic E-state index is 0.0588. The Kier molecular flexibility index (Phi) is 5.36. The number of sulfonamides is 1. The van der Waals surface area contributed by atoms with Crippen LogP contribution >= 0.6 is 0 Å². The number of rotatable bonds is 5. The summed E-state index contributed by atoms with van der Waals surface area (Å²) in [7, 11) is -3.88. The third-order valence-electron chi connectivity index (χ3n) is 3.92. The van der Waals surface area contributed by atoms with Gasteiger partial charge >= 0.3 is 0 Å². The molecule has 0 N–H and O–H groups in total. The molecule has 2 rings (SSSR count). The molecule has 1 aromatic rings. The first-order chi connectivity index (χ1) is 11.1. The number of aryl methyl sites for hydroxylation is 2. The third kappa shape index (κ3) is 3.63. The van der Waals surface area contributed by atoms with Crippen LogP contribution in [0.5, 0.6) is 0 Å². The number of nitrogens with zero attached hydrogens (tertiary/aromatic N) is 2. The second kappa shape index (κ2) is 6.96. The Labute approximate surface area is 140 Å². The number of nitro groups is 1. The lowest BCUT2D eigenvalue weighted by molar-refractivity contribution is -0.385. The number of ether oxygens (including phenoxy) is 1. The number of hydrogen-bond donors (Lipinski definition) is 0. The van der Waals surface area contributed by atoms with Gasteiger partial charge in [-0.3, -0.25) is 14.9 Å². The predicted octanol–water partition coefficient (Wildman–Crippen LogP) is 1.58. The van der Waals surface area contributed by atoms with E-state index in [1.807, 2.05) is 0 Å². The highest BCUT2D eigenvalue weighted by molar-refractivity contribution is 7.89. The highest BCUT2D eigenvalue weighted by atomic mass is 32.2. The summed E-state index contributed by atoms with van der Waals surface area (Å²) >= 11 is 0. The molecule has 9 heteroatoms. The molecule has 0 radical (unpaired) electrons. The van der Waals surface area contributed by atoms with E-state index < -0.39 is 21.0 Å². The van der Waals surface area contributed by atoms with Crippen molar-refractivity contribution < 1.29 is 22.9 Å². The molecular weight excluding hydrogens is 336 g/mol. The average Bonchev–Trinajstić information content (AvgIpc) is 2.45. The molecule has 1 aliphatic rings. The van der Waals surface area contributed by atoms with Gasteiger partial charge in [0.15, 0.2) is 0 Å². The molecule has 1 fully saturated rings. The largest absolute Gasteiger partial charge is 0.378 e. The zero-order valence-corrected chi connectivity index (χ0v) is 14.6. The van der Waals surface area contributed by atoms with Crippen LogP contribution in [0.4, 0.5) is 5.69 Å². The molecule has 0 aliphatic carbocycles. The fourth-order valence-corrected chi connectivity index (χ4v) is 5.01. The number of ketones is 1. The number of nitro benzene ring substituents is 1. The molecule has 24 heavy (non-hydrogen) atoms. The van der Waals surface area contributed by atoms with Crippen LogP contribution in [0.2, 0.25) is 0 Å². The first-order valence-electron chi connectivity index (χ1n) is 7.49. The topological polar surface area (TPSA) is 107 Å². The lowest BCUT2D eigenvalue weighted by Crippen LogP contribution is -2.49. The first-order valence-corrected chi connectivity index (χ1v) is 8.93. The minimum atomic E-state index is -3.88. The van der Waals surface area contributed by atoms with Crippen LogP contribution in [0.3, 0.4) is 0 Å². The molecule has 0 spiro atoms. The van der Waals surface area contributed by atoms with Crippen LogP contribution in [0.1, 0.15) is 24.5 Å². The summed E-state index contributed by atoms with van der Waals surface area (Å²) in [6.45, 7) is 5.03. The van der Waals surface area contributed by atoms with Gasteiger partial charge in [0.1, 0.15) is 5.78 Å². The van der Waals surface area contributed by atoms with Crippen molar-refractivity contribution in [1.29, 1.82) is 0 Å². The van der Waals surface area contributed by atoms with Gasteiger partial charge in [0, 0.05) is 25.1 Å². The van der Waals surface area contributed by atoms with E-state index in [4.69, 9.17) is 4.74 Å². The van der Waals surface area contributed by atoms with Gasteiger partial charge in [0.05, 0.1) is 29.1 Å². The van der Waals surface area contributed by atoms with Crippen molar-refractivity contribution in [2.75, 3.05) is 19.8 Å². The molecule has 1 atom stereocenters. The number of morpholine rings is 1. The Morgan fingerprint density at radius 2 is 1.96 bits per heavy atom. The van der Waals surface area contributed by atoms with Gasteiger partial charge < -0.3 is 4.74 Å².